The van der Waals surface area contributed by atoms with Crippen molar-refractivity contribution >= 4 is 22.3 Å². The van der Waals surface area contributed by atoms with Crippen LogP contribution < -0.4 is 21.4 Å². The molecule has 7 heterocycles. The maximum Gasteiger partial charge on any atom is 0.200 e. The minimum absolute atomic E-state index is 0.113. The number of hydrogen-bond donors (Lipinski definition) is 4. The molecule has 0 saturated heterocycles. The van der Waals surface area contributed by atoms with Crippen molar-refractivity contribution in [3.8, 4) is 0 Å². The Hall–Kier alpha value is -7.36. The molecule has 0 aliphatic carbocycles. The zero-order valence-electron chi connectivity index (χ0n) is 28.9. The molecule has 0 fully saturated rings. The lowest BCUT2D eigenvalue weighted by Gasteiger charge is -2.12. The average molecular weight is 799 g/mol. The first-order chi connectivity index (χ1) is 27.9. The van der Waals surface area contributed by atoms with Crippen LogP contribution in [0.3, 0.4) is 0 Å². The second kappa shape index (κ2) is 13.7. The fourth-order valence-corrected chi connectivity index (χ4v) is 7.17. The highest BCUT2D eigenvalue weighted by Crippen LogP contribution is 2.34. The van der Waals surface area contributed by atoms with E-state index in [1.54, 1.807) is 24.3 Å². The Morgan fingerprint density at radius 1 is 0.276 bits per heavy atom. The van der Waals surface area contributed by atoms with Gasteiger partial charge < -0.3 is 19.9 Å². The van der Waals surface area contributed by atoms with Gasteiger partial charge in [0.05, 0.1) is 11.1 Å². The normalized spacial score (nSPS) is 12.9. The highest BCUT2D eigenvalue weighted by atomic mass is 19.2. The zero-order valence-corrected chi connectivity index (χ0v) is 28.9. The maximum atomic E-state index is 15.8. The van der Waals surface area contributed by atoms with Crippen molar-refractivity contribution in [1.82, 2.24) is 29.9 Å². The molecule has 8 bridgehead atoms. The molecule has 6 nitrogen and oxygen atoms in total. The Morgan fingerprint density at radius 2 is 0.534 bits per heavy atom. The van der Waals surface area contributed by atoms with E-state index in [4.69, 9.17) is 0 Å². The van der Waals surface area contributed by atoms with E-state index in [-0.39, 0.29) is 55.3 Å². The number of fused-ring (bicyclic) bond motifs is 8. The first-order valence-electron chi connectivity index (χ1n) is 17.1. The molecule has 1 aliphatic heterocycles. The summed E-state index contributed by atoms with van der Waals surface area (Å²) in [5.74, 6) is -21.7. The minimum Gasteiger partial charge on any atom is -0.354 e. The van der Waals surface area contributed by atoms with Crippen LogP contribution in [0.5, 0.6) is 0 Å². The first-order valence-corrected chi connectivity index (χ1v) is 17.1. The molecule has 1 aliphatic rings. The minimum atomic E-state index is -2.35. The first kappa shape index (κ1) is 36.3. The highest BCUT2D eigenvalue weighted by molar-refractivity contribution is 5.85. The summed E-state index contributed by atoms with van der Waals surface area (Å²) in [6.45, 7) is 0. The fourth-order valence-electron chi connectivity index (χ4n) is 7.17. The molecular formula is C42H20F10N6. The maximum absolute atomic E-state index is 15.8. The molecular weight excluding hydrogens is 778 g/mol. The van der Waals surface area contributed by atoms with Crippen LogP contribution in [0, 0.1) is 58.2 Å². The van der Waals surface area contributed by atoms with Crippen molar-refractivity contribution in [1.29, 1.82) is 0 Å². The summed E-state index contributed by atoms with van der Waals surface area (Å²) in [4.78, 5) is 20.2. The van der Waals surface area contributed by atoms with Crippen LogP contribution in [0.2, 0.25) is 0 Å². The van der Waals surface area contributed by atoms with Gasteiger partial charge in [0, 0.05) is 91.3 Å². The molecule has 0 amide bonds. The van der Waals surface area contributed by atoms with Gasteiger partial charge >= 0.3 is 0 Å². The van der Waals surface area contributed by atoms with E-state index in [1.807, 2.05) is 0 Å². The number of aromatic amines is 4. The number of halogens is 10. The third kappa shape index (κ3) is 5.58. The van der Waals surface area contributed by atoms with E-state index in [0.717, 1.165) is 0 Å². The lowest BCUT2D eigenvalue weighted by atomic mass is 10.00. The zero-order chi connectivity index (χ0) is 40.6. The Morgan fingerprint density at radius 3 is 0.845 bits per heavy atom. The number of rotatable bonds is 4. The van der Waals surface area contributed by atoms with E-state index >= 15 is 17.6 Å². The number of benzene rings is 2. The number of nitrogens with one attached hydrogen (secondary N) is 4. The summed E-state index contributed by atoms with van der Waals surface area (Å²) in [6, 6.07) is 17.5. The lowest BCUT2D eigenvalue weighted by molar-refractivity contribution is 0.376. The van der Waals surface area contributed by atoms with Gasteiger partial charge in [-0.3, -0.25) is 9.97 Å². The second-order valence-corrected chi connectivity index (χ2v) is 13.0. The van der Waals surface area contributed by atoms with Crippen LogP contribution in [0.4, 0.5) is 43.9 Å². The summed E-state index contributed by atoms with van der Waals surface area (Å²) in [7, 11) is 0. The van der Waals surface area contributed by atoms with Crippen molar-refractivity contribution in [2.75, 3.05) is 0 Å². The molecule has 4 N–H and O–H groups in total. The predicted molar refractivity (Wildman–Crippen MR) is 189 cm³/mol. The molecule has 2 aromatic carbocycles. The van der Waals surface area contributed by atoms with Crippen LogP contribution in [-0.4, -0.2) is 29.9 Å². The van der Waals surface area contributed by atoms with Gasteiger partial charge in [-0.15, -0.1) is 0 Å². The molecule has 58 heavy (non-hydrogen) atoms. The van der Waals surface area contributed by atoms with Gasteiger partial charge in [0.25, 0.3) is 0 Å². The van der Waals surface area contributed by atoms with Gasteiger partial charge in [-0.2, -0.15) is 0 Å². The topological polar surface area (TPSA) is 88.9 Å². The van der Waals surface area contributed by atoms with E-state index in [2.05, 4.69) is 29.9 Å². The van der Waals surface area contributed by atoms with Gasteiger partial charge in [-0.25, -0.2) is 43.9 Å². The molecule has 9 rings (SSSR count). The summed E-state index contributed by atoms with van der Waals surface area (Å²) in [6.07, 6.45) is 5.74. The standard InChI is InChI=1S/C42H20F10N6/c43-33-31(34(44)38(48)41(51)37(33)47)29-23-5-1-19(55-23)27(17-9-13-53-14-10-17)20-2-6-25(56-20)30(32-35(45)39(49)42(52)40(50)36(32)46)26-8-4-22(58-26)28(18-11-15-54-16-12-18)21-3-7-24(29)57-21/h1-16,55-58H. The van der Waals surface area contributed by atoms with Gasteiger partial charge in [0.15, 0.2) is 46.5 Å². The Labute approximate surface area is 317 Å². The van der Waals surface area contributed by atoms with Crippen LogP contribution in [0.25, 0.3) is 22.3 Å². The van der Waals surface area contributed by atoms with E-state index in [1.165, 1.54) is 73.3 Å². The van der Waals surface area contributed by atoms with Crippen LogP contribution in [-0.2, 0) is 0 Å². The third-order valence-electron chi connectivity index (χ3n) is 9.76. The Balaban J connectivity index is 1.49. The third-order valence-corrected chi connectivity index (χ3v) is 9.76. The molecule has 16 heteroatoms. The number of pyridine rings is 2. The quantitative estimate of drug-likeness (QED) is 0.0934. The average Bonchev–Trinajstić information content (AvgIpc) is 4.09. The summed E-state index contributed by atoms with van der Waals surface area (Å²) in [5.41, 5.74) is -1.74. The molecule has 0 spiro atoms. The molecule has 0 radical (unpaired) electrons. The van der Waals surface area contributed by atoms with Crippen molar-refractivity contribution in [3.63, 3.8) is 0 Å². The number of nitrogens with zero attached hydrogens (tertiary/aromatic N) is 2. The Bertz CT molecular complexity index is 2960. The summed E-state index contributed by atoms with van der Waals surface area (Å²) < 4.78 is 151. The van der Waals surface area contributed by atoms with E-state index < -0.39 is 80.4 Å². The van der Waals surface area contributed by atoms with Crippen LogP contribution in [0.15, 0.2) is 97.6 Å². The smallest absolute Gasteiger partial charge is 0.200 e. The lowest BCUT2D eigenvalue weighted by Crippen LogP contribution is -2.21. The largest absolute Gasteiger partial charge is 0.354 e. The monoisotopic (exact) mass is 798 g/mol. The van der Waals surface area contributed by atoms with Crippen molar-refractivity contribution in [2.45, 2.75) is 0 Å². The number of hydrogen-bond acceptors (Lipinski definition) is 2. The van der Waals surface area contributed by atoms with Crippen LogP contribution in [0.1, 0.15) is 45.0 Å². The second-order valence-electron chi connectivity index (χ2n) is 13.0. The van der Waals surface area contributed by atoms with Gasteiger partial charge in [-0.05, 0) is 83.9 Å². The SMILES string of the molecule is Fc1c(F)c(F)c(C2=c3ccc([nH]3)=C(c3ccncc3)c3ccc([nH]3)C(c3c(F)c(F)c(F)c(F)c3F)=c3ccc([nH]3)=C(c3ccncc3)c3ccc2[nH]3)c(F)c1F. The van der Waals surface area contributed by atoms with Crippen molar-refractivity contribution in [3.05, 3.63) is 222 Å². The number of H-pyrrole nitrogens is 4. The fraction of sp³-hybridized carbons (Fsp3) is 0. The molecule has 288 valence electrons. The van der Waals surface area contributed by atoms with Gasteiger partial charge in [0.1, 0.15) is 0 Å². The molecule has 8 aromatic rings. The molecule has 0 saturated carbocycles. The van der Waals surface area contributed by atoms with Crippen molar-refractivity contribution < 1.29 is 43.9 Å². The van der Waals surface area contributed by atoms with Crippen molar-refractivity contribution in [2.24, 2.45) is 0 Å². The van der Waals surface area contributed by atoms with E-state index in [9.17, 15) is 26.3 Å². The highest BCUT2D eigenvalue weighted by Gasteiger charge is 2.32. The predicted octanol–water partition coefficient (Wildman–Crippen LogP) is 6.48. The summed E-state index contributed by atoms with van der Waals surface area (Å²) in [5, 5.41) is 0.161. The summed E-state index contributed by atoms with van der Waals surface area (Å²) >= 11 is 0. The Kier molecular flexibility index (Phi) is 8.56. The van der Waals surface area contributed by atoms with Gasteiger partial charge in [-0.1, -0.05) is 0 Å². The number of aromatic nitrogens is 6. The molecule has 0 atom stereocenters. The van der Waals surface area contributed by atoms with Gasteiger partial charge in [0.2, 0.25) is 11.6 Å². The molecule has 6 aromatic heterocycles. The molecule has 0 unspecified atom stereocenters. The van der Waals surface area contributed by atoms with Crippen LogP contribution >= 0.6 is 0 Å². The van der Waals surface area contributed by atoms with E-state index in [0.29, 0.717) is 11.1 Å².